The molecule has 0 bridgehead atoms. The molecular formula is C29H35NO6S. The molecule has 2 aromatic carbocycles. The molecule has 0 aliphatic carbocycles. The van der Waals surface area contributed by atoms with E-state index >= 15 is 0 Å². The first-order valence-electron chi connectivity index (χ1n) is 12.4. The number of methoxy groups -OCH3 is 1. The number of aliphatic hydroxyl groups excluding tert-OH is 1. The second kappa shape index (κ2) is 13.4. The van der Waals surface area contributed by atoms with Crippen LogP contribution in [0.25, 0.3) is 0 Å². The lowest BCUT2D eigenvalue weighted by Gasteiger charge is -2.32. The Morgan fingerprint density at radius 2 is 1.68 bits per heavy atom. The van der Waals surface area contributed by atoms with Gasteiger partial charge in [0.1, 0.15) is 5.75 Å². The predicted molar refractivity (Wildman–Crippen MR) is 144 cm³/mol. The van der Waals surface area contributed by atoms with Crippen LogP contribution in [0.4, 0.5) is 0 Å². The van der Waals surface area contributed by atoms with Crippen molar-refractivity contribution in [1.82, 2.24) is 5.32 Å². The van der Waals surface area contributed by atoms with Crippen LogP contribution in [0, 0.1) is 0 Å². The van der Waals surface area contributed by atoms with Crippen LogP contribution >= 0.6 is 11.8 Å². The summed E-state index contributed by atoms with van der Waals surface area (Å²) in [4.78, 5) is 27.5. The molecule has 2 N–H and O–H groups in total. The number of hydrogen-bond acceptors (Lipinski definition) is 8. The number of carbonyl (C=O) groups is 2. The highest BCUT2D eigenvalue weighted by Crippen LogP contribution is 2.41. The van der Waals surface area contributed by atoms with Crippen LogP contribution in [0.5, 0.6) is 5.75 Å². The van der Waals surface area contributed by atoms with Crippen molar-refractivity contribution >= 4 is 23.7 Å². The van der Waals surface area contributed by atoms with Crippen LogP contribution in [-0.2, 0) is 19.1 Å². The molecule has 7 nitrogen and oxygen atoms in total. The van der Waals surface area contributed by atoms with Gasteiger partial charge in [0.15, 0.2) is 0 Å². The van der Waals surface area contributed by atoms with E-state index in [-0.39, 0.29) is 13.2 Å². The average Bonchev–Trinajstić information content (AvgIpc) is 2.91. The van der Waals surface area contributed by atoms with Crippen LogP contribution in [0.15, 0.2) is 76.0 Å². The van der Waals surface area contributed by atoms with Crippen molar-refractivity contribution in [2.75, 3.05) is 26.6 Å². The fourth-order valence-electron chi connectivity index (χ4n) is 4.45. The smallest absolute Gasteiger partial charge is 0.336 e. The number of allylic oxidation sites excluding steroid dienone is 2. The van der Waals surface area contributed by atoms with E-state index in [1.54, 1.807) is 51.8 Å². The third kappa shape index (κ3) is 6.76. The number of hydrogen-bond donors (Lipinski definition) is 2. The molecule has 3 rings (SSSR count). The van der Waals surface area contributed by atoms with Crippen LogP contribution in [0.2, 0.25) is 0 Å². The van der Waals surface area contributed by atoms with Crippen molar-refractivity contribution in [3.8, 4) is 5.75 Å². The molecule has 0 saturated carbocycles. The summed E-state index contributed by atoms with van der Waals surface area (Å²) in [6.45, 7) is 5.71. The highest BCUT2D eigenvalue weighted by Gasteiger charge is 2.39. The summed E-state index contributed by atoms with van der Waals surface area (Å²) in [7, 11) is 1.59. The number of esters is 2. The Hall–Kier alpha value is -3.23. The van der Waals surface area contributed by atoms with Crippen LogP contribution < -0.4 is 10.1 Å². The van der Waals surface area contributed by atoms with Gasteiger partial charge in [-0.2, -0.15) is 0 Å². The van der Waals surface area contributed by atoms with E-state index in [2.05, 4.69) is 5.32 Å². The monoisotopic (exact) mass is 525 g/mol. The summed E-state index contributed by atoms with van der Waals surface area (Å²) < 4.78 is 16.1. The summed E-state index contributed by atoms with van der Waals surface area (Å²) in [5.41, 5.74) is 3.51. The Bertz CT molecular complexity index is 1170. The maximum atomic E-state index is 13.4. The normalized spacial score (nSPS) is 16.2. The van der Waals surface area contributed by atoms with Gasteiger partial charge < -0.3 is 24.6 Å². The van der Waals surface area contributed by atoms with Gasteiger partial charge in [0.05, 0.1) is 43.5 Å². The van der Waals surface area contributed by atoms with E-state index in [0.29, 0.717) is 41.1 Å². The minimum absolute atomic E-state index is 0.194. The lowest BCUT2D eigenvalue weighted by atomic mass is 9.79. The van der Waals surface area contributed by atoms with Gasteiger partial charge >= 0.3 is 11.9 Å². The van der Waals surface area contributed by atoms with Gasteiger partial charge in [0, 0.05) is 16.3 Å². The number of benzene rings is 2. The fraction of sp³-hybridized carbons (Fsp3) is 0.379. The summed E-state index contributed by atoms with van der Waals surface area (Å²) >= 11 is 1.58. The van der Waals surface area contributed by atoms with Crippen LogP contribution in [-0.4, -0.2) is 43.6 Å². The largest absolute Gasteiger partial charge is 0.497 e. The molecule has 0 aromatic heterocycles. The molecule has 37 heavy (non-hydrogen) atoms. The molecule has 0 spiro atoms. The van der Waals surface area contributed by atoms with Crippen molar-refractivity contribution in [3.63, 3.8) is 0 Å². The first kappa shape index (κ1) is 28.3. The Morgan fingerprint density at radius 3 is 2.27 bits per heavy atom. The average molecular weight is 526 g/mol. The summed E-state index contributed by atoms with van der Waals surface area (Å²) in [6.07, 6.45) is 1.95. The van der Waals surface area contributed by atoms with E-state index in [9.17, 15) is 14.7 Å². The van der Waals surface area contributed by atoms with Crippen molar-refractivity contribution in [1.29, 1.82) is 0 Å². The van der Waals surface area contributed by atoms with Gasteiger partial charge in [-0.05, 0) is 75.3 Å². The van der Waals surface area contributed by atoms with Crippen LogP contribution in [0.1, 0.15) is 56.8 Å². The molecule has 2 atom stereocenters. The Kier molecular flexibility index (Phi) is 10.2. The van der Waals surface area contributed by atoms with Gasteiger partial charge in [-0.25, -0.2) is 9.59 Å². The van der Waals surface area contributed by atoms with Crippen molar-refractivity contribution in [2.24, 2.45) is 0 Å². The Balaban J connectivity index is 2.06. The van der Waals surface area contributed by atoms with E-state index in [1.165, 1.54) is 0 Å². The highest BCUT2D eigenvalue weighted by atomic mass is 32.2. The Labute approximate surface area is 222 Å². The molecule has 1 heterocycles. The molecule has 1 aliphatic rings. The number of thioether (sulfide) groups is 1. The molecule has 198 valence electrons. The minimum Gasteiger partial charge on any atom is -0.497 e. The number of aliphatic hydroxyl groups is 1. The number of dihydropyridines is 1. The summed E-state index contributed by atoms with van der Waals surface area (Å²) in [5.74, 6) is -0.941. The van der Waals surface area contributed by atoms with Gasteiger partial charge in [0.2, 0.25) is 0 Å². The predicted octanol–water partition coefficient (Wildman–Crippen LogP) is 5.27. The SMILES string of the molecule is CCOC(=O)C1=C(C)NC(CCC(O)c2ccc(OC)cc2)=C(C(=O)OCC)C1c1cccc(SC)c1. The molecule has 1 aliphatic heterocycles. The zero-order valence-electron chi connectivity index (χ0n) is 22.0. The first-order chi connectivity index (χ1) is 17.8. The maximum absolute atomic E-state index is 13.4. The number of nitrogens with one attached hydrogen (secondary N) is 1. The molecule has 0 fully saturated rings. The number of ether oxygens (including phenoxy) is 3. The molecule has 0 saturated heterocycles. The lowest BCUT2D eigenvalue weighted by Crippen LogP contribution is -2.33. The first-order valence-corrected chi connectivity index (χ1v) is 13.6. The van der Waals surface area contributed by atoms with Gasteiger partial charge in [-0.3, -0.25) is 0 Å². The second-order valence-corrected chi connectivity index (χ2v) is 9.41. The maximum Gasteiger partial charge on any atom is 0.336 e. The third-order valence-electron chi connectivity index (χ3n) is 6.23. The molecule has 0 radical (unpaired) electrons. The van der Waals surface area contributed by atoms with Crippen molar-refractivity contribution in [2.45, 2.75) is 50.5 Å². The van der Waals surface area contributed by atoms with E-state index in [4.69, 9.17) is 14.2 Å². The summed E-state index contributed by atoms with van der Waals surface area (Å²) in [5, 5.41) is 14.1. The summed E-state index contributed by atoms with van der Waals surface area (Å²) in [6, 6.07) is 15.0. The van der Waals surface area contributed by atoms with E-state index < -0.39 is 24.0 Å². The Morgan fingerprint density at radius 1 is 1.03 bits per heavy atom. The van der Waals surface area contributed by atoms with Crippen LogP contribution in [0.3, 0.4) is 0 Å². The second-order valence-electron chi connectivity index (χ2n) is 8.53. The molecular weight excluding hydrogens is 490 g/mol. The quantitative estimate of drug-likeness (QED) is 0.303. The molecule has 2 unspecified atom stereocenters. The lowest BCUT2D eigenvalue weighted by molar-refractivity contribution is -0.139. The van der Waals surface area contributed by atoms with Gasteiger partial charge in [0.25, 0.3) is 0 Å². The third-order valence-corrected chi connectivity index (χ3v) is 6.96. The zero-order valence-corrected chi connectivity index (χ0v) is 22.8. The standard InChI is InChI=1S/C29H35NO6S/c1-6-35-28(32)25-18(3)30-23(15-16-24(31)19-11-13-21(34-4)14-12-19)27(29(33)36-7-2)26(25)20-9-8-10-22(17-20)37-5/h8-14,17,24,26,30-31H,6-7,15-16H2,1-5H3. The topological polar surface area (TPSA) is 94.1 Å². The van der Waals surface area contributed by atoms with E-state index in [0.717, 1.165) is 16.0 Å². The highest BCUT2D eigenvalue weighted by molar-refractivity contribution is 7.98. The zero-order chi connectivity index (χ0) is 26.9. The minimum atomic E-state index is -0.752. The van der Waals surface area contributed by atoms with Gasteiger partial charge in [-0.1, -0.05) is 24.3 Å². The fourth-order valence-corrected chi connectivity index (χ4v) is 4.92. The van der Waals surface area contributed by atoms with Gasteiger partial charge in [-0.15, -0.1) is 11.8 Å². The molecule has 0 amide bonds. The molecule has 8 heteroatoms. The van der Waals surface area contributed by atoms with Crippen molar-refractivity contribution < 1.29 is 28.9 Å². The van der Waals surface area contributed by atoms with Crippen molar-refractivity contribution in [3.05, 3.63) is 82.2 Å². The number of carbonyl (C=O) groups excluding carboxylic acids is 2. The molecule has 2 aromatic rings. The number of rotatable bonds is 11. The van der Waals surface area contributed by atoms with E-state index in [1.807, 2.05) is 42.7 Å².